The van der Waals surface area contributed by atoms with Crippen LogP contribution < -0.4 is 10.5 Å². The first kappa shape index (κ1) is 28.4. The van der Waals surface area contributed by atoms with E-state index in [2.05, 4.69) is 19.1 Å². The van der Waals surface area contributed by atoms with E-state index in [0.717, 1.165) is 31.6 Å². The monoisotopic (exact) mass is 403 g/mol. The second-order valence-corrected chi connectivity index (χ2v) is 7.63. The SMILES string of the molecule is CCCCCCCCCCCOc1ccc(CCC(C)(N)CO)cc1.Cl.O. The largest absolute Gasteiger partial charge is 0.494 e. The highest BCUT2D eigenvalue weighted by Crippen LogP contribution is 2.17. The van der Waals surface area contributed by atoms with Crippen molar-refractivity contribution in [3.63, 3.8) is 0 Å². The molecule has 1 unspecified atom stereocenters. The van der Waals surface area contributed by atoms with E-state index in [1.807, 2.05) is 19.1 Å². The zero-order chi connectivity index (χ0) is 18.4. The van der Waals surface area contributed by atoms with Gasteiger partial charge in [-0.3, -0.25) is 0 Å². The van der Waals surface area contributed by atoms with E-state index < -0.39 is 5.54 Å². The van der Waals surface area contributed by atoms with E-state index in [1.165, 1.54) is 56.9 Å². The van der Waals surface area contributed by atoms with Gasteiger partial charge in [-0.2, -0.15) is 0 Å². The van der Waals surface area contributed by atoms with Crippen LogP contribution in [-0.4, -0.2) is 29.3 Å². The topological polar surface area (TPSA) is 87.0 Å². The van der Waals surface area contributed by atoms with E-state index in [4.69, 9.17) is 10.5 Å². The molecule has 1 aromatic carbocycles. The number of aliphatic hydroxyl groups excluding tert-OH is 1. The highest BCUT2D eigenvalue weighted by molar-refractivity contribution is 5.85. The fourth-order valence-electron chi connectivity index (χ4n) is 2.86. The number of benzene rings is 1. The Morgan fingerprint density at radius 1 is 0.926 bits per heavy atom. The number of aryl methyl sites for hydroxylation is 1. The Balaban J connectivity index is 0. The number of aliphatic hydroxyl groups is 1. The standard InChI is InChI=1S/C22H39NO2.ClH.H2O/c1-3-4-5-6-7-8-9-10-11-18-25-21-14-12-20(13-15-21)16-17-22(2,23)19-24;;/h12-15,24H,3-11,16-19,23H2,1-2H3;1H;1H2. The summed E-state index contributed by atoms with van der Waals surface area (Å²) < 4.78 is 5.82. The molecule has 5 heteroatoms. The molecule has 0 fully saturated rings. The smallest absolute Gasteiger partial charge is 0.119 e. The summed E-state index contributed by atoms with van der Waals surface area (Å²) >= 11 is 0. The molecular formula is C22H42ClNO3. The molecule has 27 heavy (non-hydrogen) atoms. The third kappa shape index (κ3) is 14.9. The van der Waals surface area contributed by atoms with E-state index in [-0.39, 0.29) is 24.5 Å². The number of halogens is 1. The lowest BCUT2D eigenvalue weighted by Gasteiger charge is -2.21. The second kappa shape index (κ2) is 17.3. The average Bonchev–Trinajstić information content (AvgIpc) is 2.62. The van der Waals surface area contributed by atoms with Gasteiger partial charge >= 0.3 is 0 Å². The third-order valence-corrected chi connectivity index (χ3v) is 4.79. The van der Waals surface area contributed by atoms with Crippen molar-refractivity contribution < 1.29 is 15.3 Å². The Morgan fingerprint density at radius 2 is 1.44 bits per heavy atom. The van der Waals surface area contributed by atoms with Gasteiger partial charge in [0, 0.05) is 5.54 Å². The maximum Gasteiger partial charge on any atom is 0.119 e. The van der Waals surface area contributed by atoms with Crippen molar-refractivity contribution >= 4 is 12.4 Å². The molecule has 0 radical (unpaired) electrons. The molecule has 160 valence electrons. The summed E-state index contributed by atoms with van der Waals surface area (Å²) in [7, 11) is 0. The van der Waals surface area contributed by atoms with Crippen LogP contribution >= 0.6 is 12.4 Å². The summed E-state index contributed by atoms with van der Waals surface area (Å²) in [4.78, 5) is 0. The number of hydrogen-bond acceptors (Lipinski definition) is 3. The van der Waals surface area contributed by atoms with Gasteiger partial charge in [-0.15, -0.1) is 12.4 Å². The summed E-state index contributed by atoms with van der Waals surface area (Å²) in [6.45, 7) is 4.98. The fraction of sp³-hybridized carbons (Fsp3) is 0.727. The molecule has 1 atom stereocenters. The van der Waals surface area contributed by atoms with Crippen LogP contribution in [0.25, 0.3) is 0 Å². The minimum absolute atomic E-state index is 0. The van der Waals surface area contributed by atoms with E-state index >= 15 is 0 Å². The number of unbranched alkanes of at least 4 members (excludes halogenated alkanes) is 8. The minimum Gasteiger partial charge on any atom is -0.494 e. The first-order chi connectivity index (χ1) is 12.1. The van der Waals surface area contributed by atoms with Crippen LogP contribution in [0.15, 0.2) is 24.3 Å². The van der Waals surface area contributed by atoms with Gasteiger partial charge in [0.2, 0.25) is 0 Å². The Morgan fingerprint density at radius 3 is 1.96 bits per heavy atom. The van der Waals surface area contributed by atoms with Gasteiger partial charge in [0.1, 0.15) is 5.75 Å². The van der Waals surface area contributed by atoms with E-state index in [0.29, 0.717) is 0 Å². The predicted octanol–water partition coefficient (Wildman–Crippen LogP) is 4.84. The Hall–Kier alpha value is -0.810. The van der Waals surface area contributed by atoms with Gasteiger partial charge in [0.15, 0.2) is 0 Å². The molecule has 0 bridgehead atoms. The maximum atomic E-state index is 9.19. The third-order valence-electron chi connectivity index (χ3n) is 4.79. The van der Waals surface area contributed by atoms with Crippen LogP contribution in [0.5, 0.6) is 5.75 Å². The molecule has 1 rings (SSSR count). The van der Waals surface area contributed by atoms with Gasteiger partial charge in [0.05, 0.1) is 13.2 Å². The Kier molecular flexibility index (Phi) is 18.2. The molecule has 0 aliphatic heterocycles. The van der Waals surface area contributed by atoms with Gasteiger partial charge in [-0.25, -0.2) is 0 Å². The molecule has 0 amide bonds. The minimum atomic E-state index is -0.495. The van der Waals surface area contributed by atoms with Crippen molar-refractivity contribution in [2.75, 3.05) is 13.2 Å². The van der Waals surface area contributed by atoms with Crippen LogP contribution in [0.2, 0.25) is 0 Å². The summed E-state index contributed by atoms with van der Waals surface area (Å²) in [5.74, 6) is 0.945. The zero-order valence-electron chi connectivity index (χ0n) is 17.3. The molecule has 0 aromatic heterocycles. The van der Waals surface area contributed by atoms with E-state index in [1.54, 1.807) is 0 Å². The lowest BCUT2D eigenvalue weighted by molar-refractivity contribution is 0.200. The van der Waals surface area contributed by atoms with Crippen molar-refractivity contribution in [3.8, 4) is 5.75 Å². The predicted molar refractivity (Wildman–Crippen MR) is 118 cm³/mol. The van der Waals surface area contributed by atoms with Gasteiger partial charge in [-0.1, -0.05) is 70.4 Å². The first-order valence-corrected chi connectivity index (χ1v) is 10.2. The van der Waals surface area contributed by atoms with Crippen molar-refractivity contribution in [2.45, 2.75) is 90.0 Å². The summed E-state index contributed by atoms with van der Waals surface area (Å²) in [5, 5.41) is 9.19. The van der Waals surface area contributed by atoms with Gasteiger partial charge in [0.25, 0.3) is 0 Å². The molecular weight excluding hydrogens is 362 g/mol. The number of nitrogens with two attached hydrogens (primary N) is 1. The number of hydrogen-bond donors (Lipinski definition) is 2. The second-order valence-electron chi connectivity index (χ2n) is 7.63. The maximum absolute atomic E-state index is 9.19. The summed E-state index contributed by atoms with van der Waals surface area (Å²) in [6, 6.07) is 8.27. The van der Waals surface area contributed by atoms with E-state index in [9.17, 15) is 5.11 Å². The van der Waals surface area contributed by atoms with Gasteiger partial charge < -0.3 is 21.1 Å². The van der Waals surface area contributed by atoms with Crippen LogP contribution in [-0.2, 0) is 6.42 Å². The Bertz CT molecular complexity index is 438. The number of ether oxygens (including phenoxy) is 1. The first-order valence-electron chi connectivity index (χ1n) is 10.2. The summed E-state index contributed by atoms with van der Waals surface area (Å²) in [6.07, 6.45) is 13.7. The molecule has 5 N–H and O–H groups in total. The molecule has 1 aromatic rings. The molecule has 0 saturated heterocycles. The van der Waals surface area contributed by atoms with Crippen molar-refractivity contribution in [1.82, 2.24) is 0 Å². The lowest BCUT2D eigenvalue weighted by atomic mass is 9.95. The molecule has 4 nitrogen and oxygen atoms in total. The fourth-order valence-corrected chi connectivity index (χ4v) is 2.86. The van der Waals surface area contributed by atoms with Crippen molar-refractivity contribution in [1.29, 1.82) is 0 Å². The number of rotatable bonds is 15. The highest BCUT2D eigenvalue weighted by Gasteiger charge is 2.16. The van der Waals surface area contributed by atoms with Crippen LogP contribution in [0.3, 0.4) is 0 Å². The molecule has 0 heterocycles. The van der Waals surface area contributed by atoms with Crippen molar-refractivity contribution in [3.05, 3.63) is 29.8 Å². The molecule has 0 saturated carbocycles. The molecule has 0 aliphatic rings. The molecule has 0 spiro atoms. The quantitative estimate of drug-likeness (QED) is 0.411. The highest BCUT2D eigenvalue weighted by atomic mass is 35.5. The Labute approximate surface area is 172 Å². The normalized spacial score (nSPS) is 12.6. The zero-order valence-corrected chi connectivity index (χ0v) is 18.2. The lowest BCUT2D eigenvalue weighted by Crippen LogP contribution is -2.40. The molecule has 0 aliphatic carbocycles. The summed E-state index contributed by atoms with van der Waals surface area (Å²) in [5.41, 5.74) is 6.71. The van der Waals surface area contributed by atoms with Crippen molar-refractivity contribution in [2.24, 2.45) is 5.73 Å². The van der Waals surface area contributed by atoms with Crippen LogP contribution in [0.4, 0.5) is 0 Å². The van der Waals surface area contributed by atoms with Crippen LogP contribution in [0.1, 0.15) is 83.6 Å². The average molecular weight is 404 g/mol. The van der Waals surface area contributed by atoms with Crippen LogP contribution in [0, 0.1) is 0 Å². The van der Waals surface area contributed by atoms with Gasteiger partial charge in [-0.05, 0) is 43.9 Å².